The van der Waals surface area contributed by atoms with Crippen LogP contribution >= 0.6 is 11.8 Å². The molecule has 7 heteroatoms. The molecule has 1 amide bonds. The third-order valence-electron chi connectivity index (χ3n) is 2.48. The molecule has 2 rings (SSSR count). The van der Waals surface area contributed by atoms with E-state index < -0.39 is 11.5 Å². The number of nitrogens with zero attached hydrogens (tertiary/aromatic N) is 1. The van der Waals surface area contributed by atoms with Gasteiger partial charge in [0.1, 0.15) is 11.5 Å². The molecule has 0 fully saturated rings. The number of hydrogen-bond donors (Lipinski definition) is 2. The second kappa shape index (κ2) is 5.75. The van der Waals surface area contributed by atoms with Crippen LogP contribution in [-0.4, -0.2) is 41.1 Å². The van der Waals surface area contributed by atoms with Crippen molar-refractivity contribution < 1.29 is 19.4 Å². The normalized spacial score (nSPS) is 17.7. The number of carboxylic acids is 1. The van der Waals surface area contributed by atoms with Gasteiger partial charge in [0, 0.05) is 11.3 Å². The molecule has 0 aromatic heterocycles. The zero-order valence-corrected chi connectivity index (χ0v) is 10.9. The van der Waals surface area contributed by atoms with Gasteiger partial charge in [-0.25, -0.2) is 9.79 Å². The van der Waals surface area contributed by atoms with Crippen LogP contribution in [0.1, 0.15) is 10.4 Å². The minimum absolute atomic E-state index is 0.0703. The van der Waals surface area contributed by atoms with Gasteiger partial charge in [0.15, 0.2) is 5.50 Å². The lowest BCUT2D eigenvalue weighted by Gasteiger charge is -2.09. The molecule has 1 aliphatic rings. The highest BCUT2D eigenvalue weighted by atomic mass is 32.2. The maximum atomic E-state index is 11.9. The number of ether oxygens (including phenoxy) is 1. The fraction of sp³-hybridized carbons (Fsp3) is 0.250. The van der Waals surface area contributed by atoms with Crippen molar-refractivity contribution in [2.24, 2.45) is 4.99 Å². The Hall–Kier alpha value is -2.02. The summed E-state index contributed by atoms with van der Waals surface area (Å²) in [5.74, 6) is -0.489. The number of aliphatic carboxylic acids is 1. The number of nitrogens with one attached hydrogen (secondary N) is 1. The summed E-state index contributed by atoms with van der Waals surface area (Å²) in [7, 11) is 1.52. The summed E-state index contributed by atoms with van der Waals surface area (Å²) < 4.78 is 5.03. The Morgan fingerprint density at radius 1 is 1.53 bits per heavy atom. The summed E-state index contributed by atoms with van der Waals surface area (Å²) in [6.45, 7) is 0. The molecule has 0 aliphatic carbocycles. The Bertz CT molecular complexity index is 544. The smallest absolute Gasteiger partial charge is 0.350 e. The van der Waals surface area contributed by atoms with Crippen LogP contribution in [0, 0.1) is 0 Å². The molecule has 0 saturated carbocycles. The van der Waals surface area contributed by atoms with Crippen LogP contribution < -0.4 is 10.1 Å². The zero-order valence-electron chi connectivity index (χ0n) is 10.1. The summed E-state index contributed by atoms with van der Waals surface area (Å²) in [6, 6.07) is 6.71. The Labute approximate surface area is 113 Å². The minimum atomic E-state index is -1.05. The number of hydrogen-bond acceptors (Lipinski definition) is 5. The maximum absolute atomic E-state index is 11.9. The topological polar surface area (TPSA) is 88.0 Å². The van der Waals surface area contributed by atoms with Crippen LogP contribution in [0.15, 0.2) is 29.3 Å². The van der Waals surface area contributed by atoms with E-state index in [4.69, 9.17) is 9.84 Å². The van der Waals surface area contributed by atoms with Crippen LogP contribution in [0.5, 0.6) is 5.75 Å². The highest BCUT2D eigenvalue weighted by molar-refractivity contribution is 8.01. The van der Waals surface area contributed by atoms with Crippen molar-refractivity contribution in [3.63, 3.8) is 0 Å². The first kappa shape index (κ1) is 13.4. The molecule has 100 valence electrons. The van der Waals surface area contributed by atoms with E-state index in [2.05, 4.69) is 10.3 Å². The molecule has 1 unspecified atom stereocenters. The van der Waals surface area contributed by atoms with Gasteiger partial charge in [0.2, 0.25) is 0 Å². The van der Waals surface area contributed by atoms with E-state index in [-0.39, 0.29) is 11.6 Å². The number of rotatable bonds is 4. The summed E-state index contributed by atoms with van der Waals surface area (Å²) in [5, 5.41) is 11.4. The van der Waals surface area contributed by atoms with Crippen molar-refractivity contribution >= 4 is 29.4 Å². The van der Waals surface area contributed by atoms with Gasteiger partial charge in [-0.1, -0.05) is 6.07 Å². The molecule has 0 saturated heterocycles. The van der Waals surface area contributed by atoms with E-state index in [0.717, 1.165) is 0 Å². The first-order chi connectivity index (χ1) is 9.10. The van der Waals surface area contributed by atoms with Gasteiger partial charge >= 0.3 is 5.97 Å². The molecule has 1 aromatic rings. The molecule has 1 aliphatic heterocycles. The Morgan fingerprint density at radius 2 is 2.32 bits per heavy atom. The minimum Gasteiger partial charge on any atom is -0.497 e. The predicted octanol–water partition coefficient (Wildman–Crippen LogP) is 0.981. The molecular formula is C12H12N2O4S. The highest BCUT2D eigenvalue weighted by Gasteiger charge is 2.24. The van der Waals surface area contributed by atoms with Crippen LogP contribution in [-0.2, 0) is 4.79 Å². The molecule has 1 atom stereocenters. The van der Waals surface area contributed by atoms with Gasteiger partial charge in [0.25, 0.3) is 5.91 Å². The number of methoxy groups -OCH3 is 1. The SMILES string of the molecule is COc1cccc(C(=O)NC2N=C(C(=O)O)CS2)c1. The molecule has 1 aromatic carbocycles. The molecule has 19 heavy (non-hydrogen) atoms. The lowest BCUT2D eigenvalue weighted by atomic mass is 10.2. The van der Waals surface area contributed by atoms with Crippen molar-refractivity contribution in [1.82, 2.24) is 5.32 Å². The van der Waals surface area contributed by atoms with E-state index in [1.54, 1.807) is 24.3 Å². The van der Waals surface area contributed by atoms with Crippen molar-refractivity contribution in [2.75, 3.05) is 12.9 Å². The van der Waals surface area contributed by atoms with Crippen LogP contribution in [0.3, 0.4) is 0 Å². The molecule has 6 nitrogen and oxygen atoms in total. The molecule has 1 heterocycles. The van der Waals surface area contributed by atoms with E-state index in [9.17, 15) is 9.59 Å². The molecule has 0 spiro atoms. The molecular weight excluding hydrogens is 268 g/mol. The third kappa shape index (κ3) is 3.25. The van der Waals surface area contributed by atoms with Crippen LogP contribution in [0.25, 0.3) is 0 Å². The van der Waals surface area contributed by atoms with E-state index >= 15 is 0 Å². The number of amides is 1. The largest absolute Gasteiger partial charge is 0.497 e. The van der Waals surface area contributed by atoms with Gasteiger partial charge in [0.05, 0.1) is 7.11 Å². The predicted molar refractivity (Wildman–Crippen MR) is 71.8 cm³/mol. The highest BCUT2D eigenvalue weighted by Crippen LogP contribution is 2.19. The standard InChI is InChI=1S/C12H12N2O4S/c1-18-8-4-2-3-7(5-8)10(15)14-12-13-9(6-19-12)11(16)17/h2-5,12H,6H2,1H3,(H,14,15)(H,16,17). The van der Waals surface area contributed by atoms with Gasteiger partial charge in [-0.3, -0.25) is 4.79 Å². The van der Waals surface area contributed by atoms with Gasteiger partial charge in [-0.15, -0.1) is 11.8 Å². The van der Waals surface area contributed by atoms with Crippen molar-refractivity contribution in [3.05, 3.63) is 29.8 Å². The number of carbonyl (C=O) groups excluding carboxylic acids is 1. The summed E-state index contributed by atoms with van der Waals surface area (Å²) in [5.41, 5.74) is -0.0373. The Balaban J connectivity index is 2.03. The summed E-state index contributed by atoms with van der Waals surface area (Å²) in [4.78, 5) is 26.6. The van der Waals surface area contributed by atoms with E-state index in [0.29, 0.717) is 17.1 Å². The van der Waals surface area contributed by atoms with Crippen LogP contribution in [0.4, 0.5) is 0 Å². The summed E-state index contributed by atoms with van der Waals surface area (Å²) in [6.07, 6.45) is 0. The molecule has 0 bridgehead atoms. The number of thioether (sulfide) groups is 1. The monoisotopic (exact) mass is 280 g/mol. The van der Waals surface area contributed by atoms with Gasteiger partial charge in [-0.05, 0) is 18.2 Å². The molecule has 2 N–H and O–H groups in total. The fourth-order valence-electron chi connectivity index (χ4n) is 1.52. The average Bonchev–Trinajstić information content (AvgIpc) is 2.87. The Kier molecular flexibility index (Phi) is 4.06. The zero-order chi connectivity index (χ0) is 13.8. The summed E-state index contributed by atoms with van der Waals surface area (Å²) >= 11 is 1.26. The lowest BCUT2D eigenvalue weighted by molar-refractivity contribution is -0.129. The van der Waals surface area contributed by atoms with E-state index in [1.165, 1.54) is 18.9 Å². The number of carboxylic acid groups (broad SMARTS) is 1. The van der Waals surface area contributed by atoms with Crippen molar-refractivity contribution in [3.8, 4) is 5.75 Å². The van der Waals surface area contributed by atoms with Gasteiger partial charge < -0.3 is 15.2 Å². The maximum Gasteiger partial charge on any atom is 0.350 e. The number of aliphatic imine (C=N–C) groups is 1. The average molecular weight is 280 g/mol. The quantitative estimate of drug-likeness (QED) is 0.858. The molecule has 0 radical (unpaired) electrons. The van der Waals surface area contributed by atoms with Gasteiger partial charge in [-0.2, -0.15) is 0 Å². The second-order valence-corrected chi connectivity index (χ2v) is 4.82. The second-order valence-electron chi connectivity index (χ2n) is 3.75. The van der Waals surface area contributed by atoms with Crippen molar-refractivity contribution in [2.45, 2.75) is 5.50 Å². The third-order valence-corrected chi connectivity index (χ3v) is 3.46. The Morgan fingerprint density at radius 3 is 2.95 bits per heavy atom. The first-order valence-corrected chi connectivity index (χ1v) is 6.51. The van der Waals surface area contributed by atoms with E-state index in [1.807, 2.05) is 0 Å². The lowest BCUT2D eigenvalue weighted by Crippen LogP contribution is -2.30. The number of carbonyl (C=O) groups is 2. The van der Waals surface area contributed by atoms with Crippen molar-refractivity contribution in [1.29, 1.82) is 0 Å². The van der Waals surface area contributed by atoms with Crippen LogP contribution in [0.2, 0.25) is 0 Å². The first-order valence-electron chi connectivity index (χ1n) is 5.46. The fourth-order valence-corrected chi connectivity index (χ4v) is 2.43. The number of benzene rings is 1.